The first kappa shape index (κ1) is 19.5. The van der Waals surface area contributed by atoms with Gasteiger partial charge >= 0.3 is 0 Å². The predicted molar refractivity (Wildman–Crippen MR) is 98.6 cm³/mol. The average Bonchev–Trinajstić information content (AvgIpc) is 3.31. The van der Waals surface area contributed by atoms with Gasteiger partial charge in [-0.05, 0) is 46.6 Å². The van der Waals surface area contributed by atoms with Gasteiger partial charge in [0.15, 0.2) is 5.96 Å². The van der Waals surface area contributed by atoms with E-state index in [-0.39, 0.29) is 0 Å². The zero-order valence-electron chi connectivity index (χ0n) is 15.7. The van der Waals surface area contributed by atoms with E-state index in [1.54, 1.807) is 0 Å². The molecule has 140 valence electrons. The molecule has 2 aliphatic rings. The topological polar surface area (TPSA) is 58.1 Å². The van der Waals surface area contributed by atoms with E-state index in [9.17, 15) is 0 Å². The van der Waals surface area contributed by atoms with Gasteiger partial charge in [-0.25, -0.2) is 0 Å². The van der Waals surface area contributed by atoms with Gasteiger partial charge in [0, 0.05) is 44.3 Å². The standard InChI is InChI=1S/C18H36N4O2/c1-4-19-18(21-12-15(2)22(3)17-6-7-17)20-9-5-10-23-13-16-8-11-24-14-16/h15-17H,4-14H2,1-3H3,(H2,19,20,21). The molecule has 0 aromatic carbocycles. The molecule has 2 fully saturated rings. The number of rotatable bonds is 11. The molecule has 0 amide bonds. The van der Waals surface area contributed by atoms with Crippen molar-refractivity contribution in [2.45, 2.75) is 51.6 Å². The summed E-state index contributed by atoms with van der Waals surface area (Å²) in [5, 5.41) is 6.72. The maximum atomic E-state index is 5.74. The van der Waals surface area contributed by atoms with Crippen LogP contribution in [-0.4, -0.2) is 76.1 Å². The molecule has 2 atom stereocenters. The highest BCUT2D eigenvalue weighted by Crippen LogP contribution is 2.26. The van der Waals surface area contributed by atoms with Gasteiger partial charge in [-0.15, -0.1) is 0 Å². The van der Waals surface area contributed by atoms with Gasteiger partial charge in [0.25, 0.3) is 0 Å². The Morgan fingerprint density at radius 1 is 1.33 bits per heavy atom. The summed E-state index contributed by atoms with van der Waals surface area (Å²) in [5.41, 5.74) is 0. The van der Waals surface area contributed by atoms with E-state index in [4.69, 9.17) is 14.5 Å². The Kier molecular flexibility index (Phi) is 8.84. The molecule has 2 unspecified atom stereocenters. The van der Waals surface area contributed by atoms with Crippen LogP contribution in [-0.2, 0) is 9.47 Å². The van der Waals surface area contributed by atoms with Gasteiger partial charge in [0.2, 0.25) is 0 Å². The normalized spacial score (nSPS) is 22.8. The summed E-state index contributed by atoms with van der Waals surface area (Å²) in [6.07, 6.45) is 4.82. The number of nitrogens with one attached hydrogen (secondary N) is 2. The van der Waals surface area contributed by atoms with Crippen LogP contribution in [0, 0.1) is 5.92 Å². The number of nitrogens with zero attached hydrogens (tertiary/aromatic N) is 2. The molecule has 1 saturated heterocycles. The van der Waals surface area contributed by atoms with Crippen LogP contribution in [0.3, 0.4) is 0 Å². The Balaban J connectivity index is 1.56. The van der Waals surface area contributed by atoms with Gasteiger partial charge in [0.1, 0.15) is 0 Å². The monoisotopic (exact) mass is 340 g/mol. The Labute approximate surface area is 147 Å². The van der Waals surface area contributed by atoms with Crippen LogP contribution >= 0.6 is 0 Å². The lowest BCUT2D eigenvalue weighted by molar-refractivity contribution is 0.0888. The zero-order chi connectivity index (χ0) is 17.2. The summed E-state index contributed by atoms with van der Waals surface area (Å²) < 4.78 is 11.1. The molecule has 6 nitrogen and oxygen atoms in total. The third-order valence-corrected chi connectivity index (χ3v) is 4.81. The first-order chi connectivity index (χ1) is 11.7. The summed E-state index contributed by atoms with van der Waals surface area (Å²) in [7, 11) is 2.21. The highest BCUT2D eigenvalue weighted by Gasteiger charge is 2.28. The molecule has 0 aromatic rings. The second-order valence-electron chi connectivity index (χ2n) is 7.05. The molecule has 0 bridgehead atoms. The van der Waals surface area contributed by atoms with Crippen LogP contribution in [0.1, 0.15) is 39.5 Å². The molecule has 0 aromatic heterocycles. The molecule has 2 rings (SSSR count). The lowest BCUT2D eigenvalue weighted by Crippen LogP contribution is -2.40. The smallest absolute Gasteiger partial charge is 0.191 e. The molecule has 6 heteroatoms. The van der Waals surface area contributed by atoms with E-state index in [0.29, 0.717) is 12.0 Å². The fourth-order valence-corrected chi connectivity index (χ4v) is 2.88. The molecule has 1 aliphatic carbocycles. The molecule has 1 saturated carbocycles. The lowest BCUT2D eigenvalue weighted by Gasteiger charge is -2.23. The summed E-state index contributed by atoms with van der Waals surface area (Å²) >= 11 is 0. The number of ether oxygens (including phenoxy) is 2. The van der Waals surface area contributed by atoms with Crippen molar-refractivity contribution in [2.75, 3.05) is 53.1 Å². The van der Waals surface area contributed by atoms with E-state index in [1.165, 1.54) is 12.8 Å². The molecule has 2 N–H and O–H groups in total. The van der Waals surface area contributed by atoms with E-state index in [0.717, 1.165) is 70.9 Å². The van der Waals surface area contributed by atoms with Crippen molar-refractivity contribution < 1.29 is 9.47 Å². The van der Waals surface area contributed by atoms with Crippen molar-refractivity contribution in [3.8, 4) is 0 Å². The van der Waals surface area contributed by atoms with Crippen molar-refractivity contribution in [3.63, 3.8) is 0 Å². The second-order valence-corrected chi connectivity index (χ2v) is 7.05. The maximum absolute atomic E-state index is 5.74. The van der Waals surface area contributed by atoms with Crippen LogP contribution in [0.25, 0.3) is 0 Å². The Bertz CT molecular complexity index is 368. The van der Waals surface area contributed by atoms with Crippen molar-refractivity contribution in [1.29, 1.82) is 0 Å². The summed E-state index contributed by atoms with van der Waals surface area (Å²) in [4.78, 5) is 7.17. The fourth-order valence-electron chi connectivity index (χ4n) is 2.88. The van der Waals surface area contributed by atoms with Crippen LogP contribution in [0.15, 0.2) is 4.99 Å². The highest BCUT2D eigenvalue weighted by molar-refractivity contribution is 5.79. The Hall–Kier alpha value is -0.850. The molecule has 1 aliphatic heterocycles. The van der Waals surface area contributed by atoms with Crippen molar-refractivity contribution >= 4 is 5.96 Å². The van der Waals surface area contributed by atoms with Gasteiger partial charge < -0.3 is 20.1 Å². The minimum Gasteiger partial charge on any atom is -0.381 e. The number of hydrogen-bond donors (Lipinski definition) is 2. The Morgan fingerprint density at radius 2 is 2.17 bits per heavy atom. The summed E-state index contributed by atoms with van der Waals surface area (Å²) in [6, 6.07) is 1.28. The van der Waals surface area contributed by atoms with Crippen molar-refractivity contribution in [3.05, 3.63) is 0 Å². The minimum atomic E-state index is 0.491. The summed E-state index contributed by atoms with van der Waals surface area (Å²) in [5.74, 6) is 1.51. The van der Waals surface area contributed by atoms with Gasteiger partial charge in [-0.2, -0.15) is 0 Å². The largest absolute Gasteiger partial charge is 0.381 e. The van der Waals surface area contributed by atoms with E-state index >= 15 is 0 Å². The van der Waals surface area contributed by atoms with Crippen LogP contribution in [0.5, 0.6) is 0 Å². The minimum absolute atomic E-state index is 0.491. The van der Waals surface area contributed by atoms with Crippen molar-refractivity contribution in [2.24, 2.45) is 10.9 Å². The molecule has 1 heterocycles. The van der Waals surface area contributed by atoms with Crippen LogP contribution < -0.4 is 10.6 Å². The van der Waals surface area contributed by atoms with Crippen molar-refractivity contribution in [1.82, 2.24) is 15.5 Å². The molecule has 0 radical (unpaired) electrons. The van der Waals surface area contributed by atoms with Crippen LogP contribution in [0.2, 0.25) is 0 Å². The summed E-state index contributed by atoms with van der Waals surface area (Å²) in [6.45, 7) is 10.4. The first-order valence-electron chi connectivity index (χ1n) is 9.60. The molecular formula is C18H36N4O2. The zero-order valence-corrected chi connectivity index (χ0v) is 15.7. The molecule has 0 spiro atoms. The second kappa shape index (κ2) is 10.9. The molecule has 24 heavy (non-hydrogen) atoms. The quantitative estimate of drug-likeness (QED) is 0.339. The third-order valence-electron chi connectivity index (χ3n) is 4.81. The number of hydrogen-bond acceptors (Lipinski definition) is 4. The third kappa shape index (κ3) is 7.36. The number of likely N-dealkylation sites (N-methyl/N-ethyl adjacent to an activating group) is 1. The predicted octanol–water partition coefficient (Wildman–Crippen LogP) is 1.47. The van der Waals surface area contributed by atoms with E-state index in [2.05, 4.69) is 36.4 Å². The van der Waals surface area contributed by atoms with E-state index < -0.39 is 0 Å². The number of aliphatic imine (C=N–C) groups is 1. The lowest BCUT2D eigenvalue weighted by atomic mass is 10.1. The van der Waals surface area contributed by atoms with E-state index in [1.807, 2.05) is 0 Å². The SMILES string of the molecule is CCNC(=NCC(C)N(C)C1CC1)NCCCOCC1CCOC1. The van der Waals surface area contributed by atoms with Crippen LogP contribution in [0.4, 0.5) is 0 Å². The van der Waals surface area contributed by atoms with Gasteiger partial charge in [-0.1, -0.05) is 0 Å². The Morgan fingerprint density at radius 3 is 2.83 bits per heavy atom. The maximum Gasteiger partial charge on any atom is 0.191 e. The number of guanidine groups is 1. The first-order valence-corrected chi connectivity index (χ1v) is 9.60. The fraction of sp³-hybridized carbons (Fsp3) is 0.944. The highest BCUT2D eigenvalue weighted by atomic mass is 16.5. The molecular weight excluding hydrogens is 304 g/mol. The average molecular weight is 341 g/mol. The van der Waals surface area contributed by atoms with Gasteiger partial charge in [-0.3, -0.25) is 9.89 Å². The van der Waals surface area contributed by atoms with Gasteiger partial charge in [0.05, 0.1) is 19.8 Å².